The van der Waals surface area contributed by atoms with E-state index in [2.05, 4.69) is 4.98 Å². The summed E-state index contributed by atoms with van der Waals surface area (Å²) in [4.78, 5) is 15.8. The molecule has 1 N–H and O–H groups in total. The van der Waals surface area contributed by atoms with Gasteiger partial charge in [0.15, 0.2) is 4.34 Å². The SMILES string of the molecule is CCc1csc(Sc2ccc(F)c(C(=O)O)c2)n1. The summed E-state index contributed by atoms with van der Waals surface area (Å²) in [5, 5.41) is 10.8. The third-order valence-electron chi connectivity index (χ3n) is 2.27. The van der Waals surface area contributed by atoms with Crippen molar-refractivity contribution in [1.29, 1.82) is 0 Å². The monoisotopic (exact) mass is 283 g/mol. The van der Waals surface area contributed by atoms with Crippen molar-refractivity contribution in [3.8, 4) is 0 Å². The second kappa shape index (κ2) is 5.49. The van der Waals surface area contributed by atoms with Crippen LogP contribution in [0.4, 0.5) is 4.39 Å². The fourth-order valence-corrected chi connectivity index (χ4v) is 3.26. The summed E-state index contributed by atoms with van der Waals surface area (Å²) in [7, 11) is 0. The van der Waals surface area contributed by atoms with Gasteiger partial charge in [0.1, 0.15) is 5.82 Å². The summed E-state index contributed by atoms with van der Waals surface area (Å²) in [5.41, 5.74) is 0.690. The van der Waals surface area contributed by atoms with Crippen LogP contribution in [0.5, 0.6) is 0 Å². The third-order valence-corrected chi connectivity index (χ3v) is 4.24. The highest BCUT2D eigenvalue weighted by Crippen LogP contribution is 2.31. The van der Waals surface area contributed by atoms with Crippen LogP contribution < -0.4 is 0 Å². The smallest absolute Gasteiger partial charge is 0.338 e. The second-order valence-electron chi connectivity index (χ2n) is 3.51. The van der Waals surface area contributed by atoms with Gasteiger partial charge >= 0.3 is 5.97 Å². The Morgan fingerprint density at radius 3 is 2.94 bits per heavy atom. The Bertz CT molecular complexity index is 583. The Labute approximate surface area is 112 Å². The van der Waals surface area contributed by atoms with Gasteiger partial charge in [-0.25, -0.2) is 14.2 Å². The number of halogens is 1. The molecule has 0 unspecified atom stereocenters. The van der Waals surface area contributed by atoms with Crippen molar-refractivity contribution in [2.45, 2.75) is 22.6 Å². The van der Waals surface area contributed by atoms with Gasteiger partial charge in [0.2, 0.25) is 0 Å². The Morgan fingerprint density at radius 1 is 1.56 bits per heavy atom. The summed E-state index contributed by atoms with van der Waals surface area (Å²) in [6, 6.07) is 4.05. The van der Waals surface area contributed by atoms with Crippen LogP contribution in [0, 0.1) is 5.82 Å². The number of aromatic carboxylic acids is 1. The van der Waals surface area contributed by atoms with Crippen LogP contribution in [0.3, 0.4) is 0 Å². The van der Waals surface area contributed by atoms with Crippen molar-refractivity contribution in [1.82, 2.24) is 4.98 Å². The first-order valence-corrected chi connectivity index (χ1v) is 6.95. The number of hydrogen-bond acceptors (Lipinski definition) is 4. The fourth-order valence-electron chi connectivity index (χ4n) is 1.33. The first-order chi connectivity index (χ1) is 8.60. The summed E-state index contributed by atoms with van der Waals surface area (Å²) >= 11 is 2.84. The minimum Gasteiger partial charge on any atom is -0.478 e. The molecule has 0 aliphatic rings. The van der Waals surface area contributed by atoms with Gasteiger partial charge in [-0.15, -0.1) is 11.3 Å². The van der Waals surface area contributed by atoms with Gasteiger partial charge in [-0.3, -0.25) is 0 Å². The quantitative estimate of drug-likeness (QED) is 0.929. The lowest BCUT2D eigenvalue weighted by atomic mass is 10.2. The molecule has 0 saturated carbocycles. The topological polar surface area (TPSA) is 50.2 Å². The average Bonchev–Trinajstić information content (AvgIpc) is 2.79. The summed E-state index contributed by atoms with van der Waals surface area (Å²) in [5.74, 6) is -1.98. The molecule has 2 aromatic rings. The van der Waals surface area contributed by atoms with E-state index < -0.39 is 11.8 Å². The maximum atomic E-state index is 13.2. The molecule has 0 spiro atoms. The largest absolute Gasteiger partial charge is 0.478 e. The highest BCUT2D eigenvalue weighted by atomic mass is 32.2. The van der Waals surface area contributed by atoms with E-state index in [0.717, 1.165) is 16.5 Å². The first kappa shape index (κ1) is 13.0. The van der Waals surface area contributed by atoms with Crippen molar-refractivity contribution >= 4 is 29.1 Å². The molecular formula is C12H10FNO2S2. The van der Waals surface area contributed by atoms with Gasteiger partial charge in [0.05, 0.1) is 11.3 Å². The van der Waals surface area contributed by atoms with Gasteiger partial charge in [-0.1, -0.05) is 18.7 Å². The summed E-state index contributed by atoms with van der Waals surface area (Å²) in [6.07, 6.45) is 0.862. The normalized spacial score (nSPS) is 10.6. The zero-order chi connectivity index (χ0) is 13.1. The molecule has 1 aromatic heterocycles. The first-order valence-electron chi connectivity index (χ1n) is 5.25. The number of nitrogens with zero attached hydrogens (tertiary/aromatic N) is 1. The fraction of sp³-hybridized carbons (Fsp3) is 0.167. The van der Waals surface area contributed by atoms with E-state index in [4.69, 9.17) is 5.11 Å². The van der Waals surface area contributed by atoms with Gasteiger partial charge in [0, 0.05) is 10.3 Å². The van der Waals surface area contributed by atoms with E-state index in [9.17, 15) is 9.18 Å². The van der Waals surface area contributed by atoms with Crippen molar-refractivity contribution in [2.75, 3.05) is 0 Å². The molecule has 3 nitrogen and oxygen atoms in total. The maximum Gasteiger partial charge on any atom is 0.338 e. The molecule has 1 aromatic carbocycles. The molecule has 0 amide bonds. The zero-order valence-corrected chi connectivity index (χ0v) is 11.1. The number of aromatic nitrogens is 1. The van der Waals surface area contributed by atoms with E-state index >= 15 is 0 Å². The van der Waals surface area contributed by atoms with E-state index in [1.807, 2.05) is 12.3 Å². The predicted molar refractivity (Wildman–Crippen MR) is 69.0 cm³/mol. The lowest BCUT2D eigenvalue weighted by Crippen LogP contribution is -2.00. The van der Waals surface area contributed by atoms with Crippen LogP contribution in [0.15, 0.2) is 32.8 Å². The van der Waals surface area contributed by atoms with Gasteiger partial charge in [0.25, 0.3) is 0 Å². The van der Waals surface area contributed by atoms with E-state index in [-0.39, 0.29) is 5.56 Å². The molecule has 0 aliphatic heterocycles. The molecule has 0 aliphatic carbocycles. The molecule has 18 heavy (non-hydrogen) atoms. The molecule has 94 valence electrons. The summed E-state index contributed by atoms with van der Waals surface area (Å²) < 4.78 is 14.0. The number of carboxylic acid groups (broad SMARTS) is 1. The molecule has 1 heterocycles. The minimum atomic E-state index is -1.26. The van der Waals surface area contributed by atoms with Crippen LogP contribution >= 0.6 is 23.1 Å². The Balaban J connectivity index is 2.24. The molecule has 2 rings (SSSR count). The van der Waals surface area contributed by atoms with Gasteiger partial charge in [-0.2, -0.15) is 0 Å². The van der Waals surface area contributed by atoms with Crippen LogP contribution in [0.2, 0.25) is 0 Å². The molecule has 0 atom stereocenters. The molecule has 0 fully saturated rings. The van der Waals surface area contributed by atoms with Crippen molar-refractivity contribution in [3.05, 3.63) is 40.7 Å². The Morgan fingerprint density at radius 2 is 2.33 bits per heavy atom. The van der Waals surface area contributed by atoms with E-state index in [1.165, 1.54) is 35.2 Å². The highest BCUT2D eigenvalue weighted by Gasteiger charge is 2.12. The highest BCUT2D eigenvalue weighted by molar-refractivity contribution is 8.01. The average molecular weight is 283 g/mol. The van der Waals surface area contributed by atoms with Crippen LogP contribution in [0.25, 0.3) is 0 Å². The second-order valence-corrected chi connectivity index (χ2v) is 5.69. The predicted octanol–water partition coefficient (Wildman–Crippen LogP) is 3.69. The van der Waals surface area contributed by atoms with Crippen molar-refractivity contribution in [2.24, 2.45) is 0 Å². The van der Waals surface area contributed by atoms with E-state index in [0.29, 0.717) is 4.90 Å². The number of carboxylic acids is 1. The van der Waals surface area contributed by atoms with Gasteiger partial charge in [-0.05, 0) is 24.6 Å². The van der Waals surface area contributed by atoms with E-state index in [1.54, 1.807) is 6.07 Å². The minimum absolute atomic E-state index is 0.313. The third kappa shape index (κ3) is 2.88. The molecule has 6 heteroatoms. The van der Waals surface area contributed by atoms with Crippen LogP contribution in [0.1, 0.15) is 23.0 Å². The lowest BCUT2D eigenvalue weighted by molar-refractivity contribution is 0.0691. The molecule has 0 saturated heterocycles. The number of benzene rings is 1. The molecular weight excluding hydrogens is 273 g/mol. The summed E-state index contributed by atoms with van der Waals surface area (Å²) in [6.45, 7) is 2.02. The van der Waals surface area contributed by atoms with Crippen molar-refractivity contribution in [3.63, 3.8) is 0 Å². The van der Waals surface area contributed by atoms with Crippen LogP contribution in [-0.2, 0) is 6.42 Å². The number of carbonyl (C=O) groups is 1. The van der Waals surface area contributed by atoms with Crippen molar-refractivity contribution < 1.29 is 14.3 Å². The lowest BCUT2D eigenvalue weighted by Gasteiger charge is -2.01. The number of hydrogen-bond donors (Lipinski definition) is 1. The maximum absolute atomic E-state index is 13.2. The Hall–Kier alpha value is -1.40. The molecule has 0 radical (unpaired) electrons. The number of rotatable bonds is 4. The van der Waals surface area contributed by atoms with Crippen LogP contribution in [-0.4, -0.2) is 16.1 Å². The van der Waals surface area contributed by atoms with Gasteiger partial charge < -0.3 is 5.11 Å². The molecule has 0 bridgehead atoms. The number of aryl methyl sites for hydroxylation is 1. The number of thiazole rings is 1. The standard InChI is InChI=1S/C12H10FNO2S2/c1-2-7-6-17-12(14-7)18-8-3-4-10(13)9(5-8)11(15)16/h3-6H,2H2,1H3,(H,15,16). The Kier molecular flexibility index (Phi) is 3.98. The zero-order valence-electron chi connectivity index (χ0n) is 9.51.